The highest BCUT2D eigenvalue weighted by molar-refractivity contribution is 6.02. The topological polar surface area (TPSA) is 157 Å². The number of aliphatic hydroxyl groups excluding tert-OH is 1. The molecule has 0 radical (unpaired) electrons. The van der Waals surface area contributed by atoms with Crippen LogP contribution >= 0.6 is 0 Å². The molecule has 58 heavy (non-hydrogen) atoms. The van der Waals surface area contributed by atoms with Crippen molar-refractivity contribution in [1.29, 1.82) is 0 Å². The van der Waals surface area contributed by atoms with Crippen molar-refractivity contribution in [2.75, 3.05) is 45.0 Å². The molecule has 314 valence electrons. The molecule has 0 spiro atoms. The van der Waals surface area contributed by atoms with Crippen LogP contribution in [0.15, 0.2) is 28.6 Å². The van der Waals surface area contributed by atoms with Crippen molar-refractivity contribution in [3.8, 4) is 5.75 Å². The number of anilines is 1. The summed E-state index contributed by atoms with van der Waals surface area (Å²) in [5.41, 5.74) is -5.97. The lowest BCUT2D eigenvalue weighted by Crippen LogP contribution is -2.70. The van der Waals surface area contributed by atoms with Gasteiger partial charge in [0, 0.05) is 59.7 Å². The molecule has 1 unspecified atom stereocenters. The maximum Gasteiger partial charge on any atom is 0.346 e. The number of piperazine rings is 1. The van der Waals surface area contributed by atoms with Crippen LogP contribution in [-0.2, 0) is 19.1 Å². The second kappa shape index (κ2) is 14.1. The Morgan fingerprint density at radius 1 is 1.10 bits per heavy atom. The van der Waals surface area contributed by atoms with Crippen LogP contribution in [0.4, 0.5) is 14.5 Å². The Balaban J connectivity index is 1.17. The molecule has 14 heteroatoms. The summed E-state index contributed by atoms with van der Waals surface area (Å²) in [4.78, 5) is 56.4. The van der Waals surface area contributed by atoms with Gasteiger partial charge in [-0.05, 0) is 90.2 Å². The molecule has 0 bridgehead atoms. The normalized spacial score (nSPS) is 35.6. The predicted octanol–water partition coefficient (Wildman–Crippen LogP) is 4.95. The summed E-state index contributed by atoms with van der Waals surface area (Å²) in [5, 5.41) is 25.5. The highest BCUT2D eigenvalue weighted by Gasteiger charge is 2.76. The molecule has 12 nitrogen and oxygen atoms in total. The smallest absolute Gasteiger partial charge is 0.346 e. The quantitative estimate of drug-likeness (QED) is 0.233. The lowest BCUT2D eigenvalue weighted by Gasteiger charge is -2.63. The van der Waals surface area contributed by atoms with Crippen LogP contribution in [0.2, 0.25) is 0 Å². The van der Waals surface area contributed by atoms with E-state index >= 15 is 8.78 Å². The Labute approximate surface area is 336 Å². The summed E-state index contributed by atoms with van der Waals surface area (Å²) in [5.74, 6) is -4.20. The number of allylic oxidation sites excluding steroid dienone is 4. The molecule has 3 N–H and O–H groups in total. The van der Waals surface area contributed by atoms with Gasteiger partial charge in [-0.1, -0.05) is 25.5 Å². The SMILES string of the molecule is COc1c(N2CCNC(C)C2)c(F)c(C)c2c(=O)c(C(=O)OCO[C@H]3C[C@@]4(C)[C@@H](C[C@H](C)[C@]4(O)C(=O)CO)[C@@H]4CCC5=CC(=O)C=C[C@]5(C)[C@@]34F)c(C)n(C3CC3)c12. The van der Waals surface area contributed by atoms with Crippen molar-refractivity contribution in [2.45, 2.75) is 110 Å². The van der Waals surface area contributed by atoms with Crippen LogP contribution in [0.1, 0.15) is 93.9 Å². The first-order chi connectivity index (χ1) is 27.4. The average Bonchev–Trinajstić information content (AvgIpc) is 4.00. The van der Waals surface area contributed by atoms with Gasteiger partial charge in [-0.15, -0.1) is 0 Å². The number of carbonyl (C=O) groups is 3. The monoisotopic (exact) mass is 807 g/mol. The van der Waals surface area contributed by atoms with Crippen molar-refractivity contribution in [2.24, 2.45) is 28.6 Å². The Morgan fingerprint density at radius 3 is 2.48 bits per heavy atom. The third kappa shape index (κ3) is 5.49. The number of nitrogens with one attached hydrogen (secondary N) is 1. The number of esters is 1. The number of pyridine rings is 1. The number of hydrogen-bond donors (Lipinski definition) is 3. The molecule has 1 aromatic carbocycles. The van der Waals surface area contributed by atoms with Crippen molar-refractivity contribution in [3.05, 3.63) is 56.7 Å². The minimum atomic E-state index is -2.17. The van der Waals surface area contributed by atoms with Crippen LogP contribution in [-0.4, -0.2) is 95.9 Å². The molecule has 1 aliphatic heterocycles. The predicted molar refractivity (Wildman–Crippen MR) is 211 cm³/mol. The van der Waals surface area contributed by atoms with E-state index in [2.05, 4.69) is 5.32 Å². The number of carbonyl (C=O) groups excluding carboxylic acids is 3. The molecule has 2 aromatic rings. The van der Waals surface area contributed by atoms with Crippen LogP contribution < -0.4 is 20.4 Å². The number of aromatic nitrogens is 1. The van der Waals surface area contributed by atoms with Crippen molar-refractivity contribution in [3.63, 3.8) is 0 Å². The number of Topliss-reactive ketones (excluding diaryl/α,β-unsaturated/α-hetero) is 1. The third-order valence-electron chi connectivity index (χ3n) is 15.2. The van der Waals surface area contributed by atoms with E-state index in [4.69, 9.17) is 14.2 Å². The minimum Gasteiger partial charge on any atom is -0.492 e. The maximum absolute atomic E-state index is 18.6. The number of fused-ring (bicyclic) bond motifs is 6. The average molecular weight is 808 g/mol. The summed E-state index contributed by atoms with van der Waals surface area (Å²) in [7, 11) is 1.45. The van der Waals surface area contributed by atoms with Gasteiger partial charge in [0.05, 0.1) is 24.1 Å². The van der Waals surface area contributed by atoms with E-state index in [1.807, 2.05) is 16.4 Å². The molecule has 9 atom stereocenters. The van der Waals surface area contributed by atoms with Crippen molar-refractivity contribution in [1.82, 2.24) is 9.88 Å². The number of rotatable bonds is 9. The van der Waals surface area contributed by atoms with E-state index < -0.39 is 82.4 Å². The largest absolute Gasteiger partial charge is 0.492 e. The van der Waals surface area contributed by atoms with Gasteiger partial charge in [-0.2, -0.15) is 0 Å². The summed E-state index contributed by atoms with van der Waals surface area (Å²) < 4.78 is 55.0. The highest BCUT2D eigenvalue weighted by Crippen LogP contribution is 2.71. The second-order valence-corrected chi connectivity index (χ2v) is 18.2. The van der Waals surface area contributed by atoms with Crippen LogP contribution in [0.3, 0.4) is 0 Å². The number of ketones is 2. The first-order valence-electron chi connectivity index (χ1n) is 20.6. The Hall–Kier alpha value is -3.98. The van der Waals surface area contributed by atoms with Gasteiger partial charge < -0.3 is 39.2 Å². The van der Waals surface area contributed by atoms with Crippen molar-refractivity contribution < 1.29 is 47.6 Å². The number of halogens is 2. The van der Waals surface area contributed by atoms with E-state index in [0.29, 0.717) is 55.7 Å². The Morgan fingerprint density at radius 2 is 1.83 bits per heavy atom. The standard InChI is InChI=1S/C44H55F2N3O9/c1-22-16-30-29-11-8-26-17-28(51)12-13-41(26,5)43(29,46)32(18-42(30,6)44(22,55)31(52)20-50)57-21-58-40(54)34-25(4)49(27-9-10-27)36-33(38(34)53)24(3)35(45)37(39(36)56-7)48-15-14-47-23(2)19-48/h12-13,17,22-23,27,29-30,32,47,50,55H,8-11,14-16,18-21H2,1-7H3/t22-,23?,29-,30-,32-,41-,42-,43-,44-/m0/s1. The van der Waals surface area contributed by atoms with E-state index in [0.717, 1.165) is 12.8 Å². The first kappa shape index (κ1) is 40.8. The molecule has 2 heterocycles. The van der Waals surface area contributed by atoms with E-state index in [1.165, 1.54) is 26.2 Å². The van der Waals surface area contributed by atoms with Gasteiger partial charge >= 0.3 is 5.97 Å². The van der Waals surface area contributed by atoms with Crippen LogP contribution in [0, 0.1) is 48.2 Å². The van der Waals surface area contributed by atoms with Crippen LogP contribution in [0.5, 0.6) is 5.75 Å². The summed E-state index contributed by atoms with van der Waals surface area (Å²) in [6, 6.07) is 0.0213. The minimum absolute atomic E-state index is 0.0136. The van der Waals surface area contributed by atoms with Gasteiger partial charge in [0.1, 0.15) is 23.5 Å². The highest BCUT2D eigenvalue weighted by atomic mass is 19.1. The van der Waals surface area contributed by atoms with E-state index in [9.17, 15) is 29.4 Å². The Kier molecular flexibility index (Phi) is 9.89. The number of alkyl halides is 1. The molecule has 5 fully saturated rings. The van der Waals surface area contributed by atoms with Gasteiger partial charge in [-0.25, -0.2) is 13.6 Å². The fourth-order valence-corrected chi connectivity index (χ4v) is 12.2. The fraction of sp³-hybridized carbons (Fsp3) is 0.636. The number of hydrogen-bond acceptors (Lipinski definition) is 11. The van der Waals surface area contributed by atoms with Gasteiger partial charge in [0.15, 0.2) is 35.6 Å². The number of ether oxygens (including phenoxy) is 3. The number of benzene rings is 1. The third-order valence-corrected chi connectivity index (χ3v) is 15.2. The molecule has 1 saturated heterocycles. The molecule has 4 saturated carbocycles. The lowest BCUT2D eigenvalue weighted by molar-refractivity contribution is -0.244. The first-order valence-corrected chi connectivity index (χ1v) is 20.6. The summed E-state index contributed by atoms with van der Waals surface area (Å²) >= 11 is 0. The van der Waals surface area contributed by atoms with Gasteiger partial charge in [0.2, 0.25) is 5.43 Å². The number of aryl methyl sites for hydroxylation is 1. The fourth-order valence-electron chi connectivity index (χ4n) is 12.2. The molecule has 1 aromatic heterocycles. The van der Waals surface area contributed by atoms with Crippen LogP contribution in [0.25, 0.3) is 10.9 Å². The zero-order chi connectivity index (χ0) is 41.9. The van der Waals surface area contributed by atoms with E-state index in [1.54, 1.807) is 33.8 Å². The maximum atomic E-state index is 18.6. The summed E-state index contributed by atoms with van der Waals surface area (Å²) in [6.45, 7) is 10.4. The van der Waals surface area contributed by atoms with Crippen molar-refractivity contribution >= 4 is 34.1 Å². The lowest BCUT2D eigenvalue weighted by atomic mass is 9.44. The number of methoxy groups -OCH3 is 1. The molecule has 0 amide bonds. The summed E-state index contributed by atoms with van der Waals surface area (Å²) in [6.07, 6.45) is 5.51. The number of aliphatic hydroxyl groups is 2. The van der Waals surface area contributed by atoms with E-state index in [-0.39, 0.29) is 52.2 Å². The zero-order valence-corrected chi connectivity index (χ0v) is 34.4. The Bertz CT molecular complexity index is 2230. The molecule has 6 aliphatic rings. The van der Waals surface area contributed by atoms with Gasteiger partial charge in [0.25, 0.3) is 0 Å². The molecular formula is C44H55F2N3O9. The molecule has 5 aliphatic carbocycles. The second-order valence-electron chi connectivity index (χ2n) is 18.2. The number of nitrogens with zero attached hydrogens (tertiary/aromatic N) is 2. The van der Waals surface area contributed by atoms with Gasteiger partial charge in [-0.3, -0.25) is 14.4 Å². The molecule has 8 rings (SSSR count). The molecular weight excluding hydrogens is 752 g/mol. The zero-order valence-electron chi connectivity index (χ0n) is 34.4.